The van der Waals surface area contributed by atoms with Crippen LogP contribution in [0.4, 0.5) is 34.1 Å². The molecule has 0 radical (unpaired) electrons. The van der Waals surface area contributed by atoms with Gasteiger partial charge in [-0.05, 0) is 295 Å². The van der Waals surface area contributed by atoms with Crippen molar-refractivity contribution in [2.24, 2.45) is 0 Å². The van der Waals surface area contributed by atoms with Crippen molar-refractivity contribution in [3.63, 3.8) is 0 Å². The predicted molar refractivity (Wildman–Crippen MR) is 510 cm³/mol. The second-order valence-electron chi connectivity index (χ2n) is 33.5. The fourth-order valence-corrected chi connectivity index (χ4v) is 22.5. The zero-order chi connectivity index (χ0) is 79.9. The summed E-state index contributed by atoms with van der Waals surface area (Å²) in [5.74, 6) is 0. The van der Waals surface area contributed by atoms with Crippen LogP contribution in [0.15, 0.2) is 449 Å². The van der Waals surface area contributed by atoms with Gasteiger partial charge in [-0.25, -0.2) is 0 Å². The van der Waals surface area contributed by atoms with Gasteiger partial charge in [-0.15, -0.1) is 0 Å². The lowest BCUT2D eigenvalue weighted by Crippen LogP contribution is -2.26. The minimum atomic E-state index is -0.589. The standard InChI is InChI=1S/C120H74N2/c1-3-25-75(26-4-1)77-53-59-84(60-54-77)121(87-65-67-99-96-38-13-18-44-108(96)119(112(99)70-87)110-46-20-15-40-98(110)106-72-104-93-35-10-7-32-90(93)91-33-8-11-36-94(91)105(104)73-114(106)119)85-61-57-80(58-62-85)83-30-23-29-82(69-83)79-51-49-76(50-52-79)78-55-63-86(64-56-78)122(116-48-22-17-31-89(116)81-27-5-2-6-28-81)88-66-68-100-97-39-14-19-45-109(97)120(113(100)71-88)111-47-21-16-41-102(111)118-103-43-24-42-101-92-34-9-12-37-95(92)107(117(101)103)74-115(118)120/h1-74H. The Labute approximate surface area is 708 Å². The molecular weight excluding hydrogens is 1470 g/mol. The number of anilines is 6. The van der Waals surface area contributed by atoms with Gasteiger partial charge in [0.25, 0.3) is 0 Å². The van der Waals surface area contributed by atoms with Crippen LogP contribution in [-0.2, 0) is 10.8 Å². The molecule has 564 valence electrons. The van der Waals surface area contributed by atoms with Gasteiger partial charge in [-0.2, -0.15) is 0 Å². The number of fused-ring (bicyclic) bond motifs is 30. The first-order chi connectivity index (χ1) is 60.5. The van der Waals surface area contributed by atoms with Crippen molar-refractivity contribution in [3.05, 3.63) is 493 Å². The predicted octanol–water partition coefficient (Wildman–Crippen LogP) is 31.9. The molecule has 5 aliphatic rings. The van der Waals surface area contributed by atoms with E-state index in [2.05, 4.69) is 459 Å². The summed E-state index contributed by atoms with van der Waals surface area (Å²) < 4.78 is 0. The molecule has 0 heterocycles. The zero-order valence-corrected chi connectivity index (χ0v) is 66.6. The lowest BCUT2D eigenvalue weighted by molar-refractivity contribution is 0.794. The molecule has 0 aromatic heterocycles. The normalized spacial score (nSPS) is 14.8. The van der Waals surface area contributed by atoms with Crippen LogP contribution in [0.3, 0.4) is 0 Å². The van der Waals surface area contributed by atoms with Crippen LogP contribution in [0, 0.1) is 0 Å². The number of rotatable bonds is 11. The van der Waals surface area contributed by atoms with E-state index in [-0.39, 0.29) is 0 Å². The summed E-state index contributed by atoms with van der Waals surface area (Å²) >= 11 is 0. The van der Waals surface area contributed by atoms with Gasteiger partial charge in [0.15, 0.2) is 0 Å². The molecule has 0 bridgehead atoms. The summed E-state index contributed by atoms with van der Waals surface area (Å²) in [6.07, 6.45) is 0. The Balaban J connectivity index is 0.548. The van der Waals surface area contributed by atoms with Gasteiger partial charge in [0.2, 0.25) is 0 Å². The van der Waals surface area contributed by atoms with Crippen molar-refractivity contribution >= 4 is 77.2 Å². The van der Waals surface area contributed by atoms with E-state index in [4.69, 9.17) is 0 Å². The molecular formula is C120H74N2. The van der Waals surface area contributed by atoms with Crippen molar-refractivity contribution in [1.29, 1.82) is 0 Å². The highest BCUT2D eigenvalue weighted by Crippen LogP contribution is 2.68. The molecule has 2 atom stereocenters. The molecule has 2 heteroatoms. The van der Waals surface area contributed by atoms with Crippen LogP contribution in [0.5, 0.6) is 0 Å². The summed E-state index contributed by atoms with van der Waals surface area (Å²) in [7, 11) is 0. The van der Waals surface area contributed by atoms with Crippen LogP contribution in [0.25, 0.3) is 165 Å². The quantitative estimate of drug-likeness (QED) is 0.119. The SMILES string of the molecule is c1ccc(-c2ccc(N(c3ccc(-c4cccc(-c5ccc(-c6ccc(N(c7ccc8c(c7)C7(c9ccccc9-8)c8ccccc8-c8c7cc7c9c(cccc89)-c8ccccc8-7)c7ccccc7-c7ccccc7)cc6)cc5)c4)cc3)c3ccc4c(c3)C3(c5ccccc5-4)c4ccccc4-c4cc5c6ccccc6c6ccccc6c5cc43)cc2)cc1. The number of nitrogens with zero attached hydrogens (tertiary/aromatic N) is 2. The van der Waals surface area contributed by atoms with Crippen molar-refractivity contribution in [1.82, 2.24) is 0 Å². The number of hydrogen-bond acceptors (Lipinski definition) is 2. The Hall–Kier alpha value is -15.7. The summed E-state index contributed by atoms with van der Waals surface area (Å²) in [4.78, 5) is 4.96. The van der Waals surface area contributed by atoms with E-state index in [1.165, 1.54) is 165 Å². The highest BCUT2D eigenvalue weighted by atomic mass is 15.1. The summed E-state index contributed by atoms with van der Waals surface area (Å²) in [6.45, 7) is 0. The molecule has 122 heavy (non-hydrogen) atoms. The third-order valence-corrected chi connectivity index (χ3v) is 27.6. The maximum Gasteiger partial charge on any atom is 0.0726 e. The first-order valence-electron chi connectivity index (χ1n) is 42.6. The molecule has 2 spiro atoms. The molecule has 21 aromatic carbocycles. The average molecular weight is 1540 g/mol. The van der Waals surface area contributed by atoms with Crippen LogP contribution < -0.4 is 9.80 Å². The van der Waals surface area contributed by atoms with E-state index in [0.29, 0.717) is 0 Å². The van der Waals surface area contributed by atoms with Crippen molar-refractivity contribution in [3.8, 4) is 122 Å². The fraction of sp³-hybridized carbons (Fsp3) is 0.0167. The molecule has 2 unspecified atom stereocenters. The molecule has 0 saturated heterocycles. The largest absolute Gasteiger partial charge is 0.310 e. The van der Waals surface area contributed by atoms with Gasteiger partial charge >= 0.3 is 0 Å². The molecule has 0 saturated carbocycles. The molecule has 0 amide bonds. The molecule has 0 N–H and O–H groups in total. The Kier molecular flexibility index (Phi) is 14.8. The highest BCUT2D eigenvalue weighted by molar-refractivity contribution is 6.27. The Morgan fingerprint density at radius 2 is 0.467 bits per heavy atom. The Bertz CT molecular complexity index is 7980. The van der Waals surface area contributed by atoms with Gasteiger partial charge < -0.3 is 9.80 Å². The average Bonchev–Trinajstić information content (AvgIpc) is 1.50. The number of hydrogen-bond donors (Lipinski definition) is 0. The van der Waals surface area contributed by atoms with Crippen LogP contribution in [0.2, 0.25) is 0 Å². The van der Waals surface area contributed by atoms with E-state index < -0.39 is 10.8 Å². The molecule has 21 aromatic rings. The van der Waals surface area contributed by atoms with E-state index in [1.54, 1.807) is 0 Å². The third-order valence-electron chi connectivity index (χ3n) is 27.6. The molecule has 5 aliphatic carbocycles. The zero-order valence-electron chi connectivity index (χ0n) is 66.6. The van der Waals surface area contributed by atoms with Crippen LogP contribution in [-0.4, -0.2) is 0 Å². The van der Waals surface area contributed by atoms with Gasteiger partial charge in [0.05, 0.1) is 16.5 Å². The van der Waals surface area contributed by atoms with Gasteiger partial charge in [0, 0.05) is 34.0 Å². The van der Waals surface area contributed by atoms with E-state index >= 15 is 0 Å². The minimum Gasteiger partial charge on any atom is -0.310 e. The van der Waals surface area contributed by atoms with Gasteiger partial charge in [0.1, 0.15) is 0 Å². The first-order valence-corrected chi connectivity index (χ1v) is 42.6. The minimum absolute atomic E-state index is 0.588. The molecule has 0 fully saturated rings. The second-order valence-corrected chi connectivity index (χ2v) is 33.5. The van der Waals surface area contributed by atoms with Crippen molar-refractivity contribution in [2.45, 2.75) is 10.8 Å². The van der Waals surface area contributed by atoms with Crippen molar-refractivity contribution < 1.29 is 0 Å². The maximum absolute atomic E-state index is 2.58. The fourth-order valence-electron chi connectivity index (χ4n) is 22.5. The van der Waals surface area contributed by atoms with Crippen LogP contribution in [0.1, 0.15) is 44.5 Å². The summed E-state index contributed by atoms with van der Waals surface area (Å²) in [6, 6.07) is 169. The Morgan fingerprint density at radius 3 is 1.01 bits per heavy atom. The highest BCUT2D eigenvalue weighted by Gasteiger charge is 2.55. The topological polar surface area (TPSA) is 6.48 Å². The number of para-hydroxylation sites is 1. The van der Waals surface area contributed by atoms with Gasteiger partial charge in [-0.3, -0.25) is 0 Å². The van der Waals surface area contributed by atoms with Crippen molar-refractivity contribution in [2.75, 3.05) is 9.80 Å². The van der Waals surface area contributed by atoms with E-state index in [9.17, 15) is 0 Å². The summed E-state index contributed by atoms with van der Waals surface area (Å²) in [5, 5.41) is 10.4. The van der Waals surface area contributed by atoms with Crippen LogP contribution >= 0.6 is 0 Å². The second kappa shape index (κ2) is 26.4. The maximum atomic E-state index is 2.58. The Morgan fingerprint density at radius 1 is 0.139 bits per heavy atom. The smallest absolute Gasteiger partial charge is 0.0726 e. The molecule has 0 aliphatic heterocycles. The van der Waals surface area contributed by atoms with Gasteiger partial charge in [-0.1, -0.05) is 358 Å². The molecule has 26 rings (SSSR count). The third kappa shape index (κ3) is 9.72. The first kappa shape index (κ1) is 68.3. The van der Waals surface area contributed by atoms with E-state index in [0.717, 1.165) is 78.6 Å². The molecule has 2 nitrogen and oxygen atoms in total. The lowest BCUT2D eigenvalue weighted by atomic mass is 9.70. The number of benzene rings is 21. The lowest BCUT2D eigenvalue weighted by Gasteiger charge is -2.33. The monoisotopic (exact) mass is 1540 g/mol. The van der Waals surface area contributed by atoms with E-state index in [1.807, 2.05) is 0 Å². The summed E-state index contributed by atoms with van der Waals surface area (Å²) in [5.41, 5.74) is 43.1.